The van der Waals surface area contributed by atoms with Crippen molar-refractivity contribution in [2.75, 3.05) is 31.4 Å². The van der Waals surface area contributed by atoms with Gasteiger partial charge in [0.25, 0.3) is 5.56 Å². The third-order valence-corrected chi connectivity index (χ3v) is 8.02. The van der Waals surface area contributed by atoms with Gasteiger partial charge in [-0.05, 0) is 38.3 Å². The fourth-order valence-corrected chi connectivity index (χ4v) is 5.48. The van der Waals surface area contributed by atoms with Crippen LogP contribution in [0.5, 0.6) is 0 Å². The minimum absolute atomic E-state index is 0.0833. The quantitative estimate of drug-likeness (QED) is 0.326. The van der Waals surface area contributed by atoms with Crippen molar-refractivity contribution in [3.63, 3.8) is 0 Å². The molecule has 13 heteroatoms. The molecule has 216 valence electrons. The van der Waals surface area contributed by atoms with Crippen molar-refractivity contribution in [3.05, 3.63) is 68.5 Å². The van der Waals surface area contributed by atoms with Crippen LogP contribution in [-0.2, 0) is 4.74 Å². The summed E-state index contributed by atoms with van der Waals surface area (Å²) in [6.45, 7) is 3.10. The van der Waals surface area contributed by atoms with Crippen LogP contribution < -0.4 is 10.6 Å². The number of hydrogen-bond acceptors (Lipinski definition) is 7. The smallest absolute Gasteiger partial charge is 0.373 e. The Hall–Kier alpha value is -3.70. The third-order valence-electron chi connectivity index (χ3n) is 8.02. The van der Waals surface area contributed by atoms with E-state index in [0.717, 1.165) is 0 Å². The van der Waals surface area contributed by atoms with Gasteiger partial charge in [-0.1, -0.05) is 0 Å². The second kappa shape index (κ2) is 10.3. The second-order valence-electron chi connectivity index (χ2n) is 10.8. The number of aromatic nitrogens is 5. The summed E-state index contributed by atoms with van der Waals surface area (Å²) in [6.07, 6.45) is -4.00. The van der Waals surface area contributed by atoms with Gasteiger partial charge in [0.15, 0.2) is 5.65 Å². The number of nitrogens with zero attached hydrogens (tertiary/aromatic N) is 6. The SMILES string of the molecule is Cc1nc2nc([C@H]3CCO[C@@H](c4ccc(=O)n(N5CC(F)C(CF)C5)c4)C3)nc(C3=C=C(C(F)(F)F)C3)c2nc1C. The van der Waals surface area contributed by atoms with E-state index in [1.807, 2.05) is 0 Å². The molecule has 5 heterocycles. The third kappa shape index (κ3) is 5.12. The maximum absolute atomic E-state index is 14.2. The molecular weight excluding hydrogens is 547 g/mol. The molecule has 2 unspecified atom stereocenters. The van der Waals surface area contributed by atoms with Crippen molar-refractivity contribution in [2.24, 2.45) is 5.92 Å². The van der Waals surface area contributed by atoms with Gasteiger partial charge in [0.2, 0.25) is 0 Å². The van der Waals surface area contributed by atoms with Crippen molar-refractivity contribution in [2.45, 2.75) is 57.5 Å². The van der Waals surface area contributed by atoms with Crippen LogP contribution in [0.4, 0.5) is 22.0 Å². The molecule has 0 saturated carbocycles. The van der Waals surface area contributed by atoms with Crippen molar-refractivity contribution in [1.29, 1.82) is 0 Å². The highest BCUT2D eigenvalue weighted by molar-refractivity contribution is 5.87. The molecule has 2 fully saturated rings. The van der Waals surface area contributed by atoms with Gasteiger partial charge in [-0.2, -0.15) is 13.2 Å². The summed E-state index contributed by atoms with van der Waals surface area (Å²) in [7, 11) is 0. The van der Waals surface area contributed by atoms with Gasteiger partial charge in [0, 0.05) is 49.2 Å². The van der Waals surface area contributed by atoms with Crippen LogP contribution in [0, 0.1) is 19.8 Å². The normalized spacial score (nSPS) is 24.8. The van der Waals surface area contributed by atoms with Crippen LogP contribution in [0.15, 0.2) is 34.4 Å². The van der Waals surface area contributed by atoms with E-state index in [0.29, 0.717) is 64.7 Å². The number of fused-ring (bicyclic) bond motifs is 1. The van der Waals surface area contributed by atoms with Crippen LogP contribution in [0.2, 0.25) is 0 Å². The lowest BCUT2D eigenvalue weighted by molar-refractivity contribution is -0.0934. The Morgan fingerprint density at radius 2 is 1.85 bits per heavy atom. The van der Waals surface area contributed by atoms with E-state index < -0.39 is 36.6 Å². The Labute approximate surface area is 231 Å². The highest BCUT2D eigenvalue weighted by Gasteiger charge is 2.39. The van der Waals surface area contributed by atoms with E-state index in [-0.39, 0.29) is 31.0 Å². The number of pyridine rings is 1. The Morgan fingerprint density at radius 3 is 2.56 bits per heavy atom. The number of rotatable bonds is 5. The van der Waals surface area contributed by atoms with Crippen molar-refractivity contribution in [3.8, 4) is 0 Å². The van der Waals surface area contributed by atoms with E-state index in [2.05, 4.69) is 20.7 Å². The Bertz CT molecular complexity index is 1650. The van der Waals surface area contributed by atoms with Crippen LogP contribution in [-0.4, -0.2) is 63.3 Å². The summed E-state index contributed by atoms with van der Waals surface area (Å²) in [5, 5.41) is 1.50. The predicted molar refractivity (Wildman–Crippen MR) is 139 cm³/mol. The highest BCUT2D eigenvalue weighted by atomic mass is 19.4. The molecule has 0 aromatic carbocycles. The van der Waals surface area contributed by atoms with E-state index in [1.165, 1.54) is 15.8 Å². The molecule has 8 nitrogen and oxygen atoms in total. The standard InChI is InChI=1S/C28H27F5N6O2/c1-14-15(2)35-27-25(34-14)24(18-7-20(8-18)28(31,32)33)36-26(37-27)16-5-6-41-22(9-16)17-3-4-23(40)39(12-17)38-11-19(10-29)21(30)13-38/h3-4,12,16,19,21-22H,5-7,9-11,13H2,1-2H3/t16-,19?,21?,22+/m0/s1. The van der Waals surface area contributed by atoms with Gasteiger partial charge in [-0.3, -0.25) is 9.18 Å². The van der Waals surface area contributed by atoms with E-state index in [1.54, 1.807) is 26.1 Å². The molecule has 0 bridgehead atoms. The molecule has 0 spiro atoms. The molecule has 0 N–H and O–H groups in total. The molecule has 6 rings (SSSR count). The summed E-state index contributed by atoms with van der Waals surface area (Å²) >= 11 is 0. The van der Waals surface area contributed by atoms with Gasteiger partial charge < -0.3 is 9.75 Å². The van der Waals surface area contributed by atoms with E-state index >= 15 is 0 Å². The first kappa shape index (κ1) is 27.5. The largest absolute Gasteiger partial charge is 0.420 e. The van der Waals surface area contributed by atoms with Gasteiger partial charge >= 0.3 is 6.18 Å². The monoisotopic (exact) mass is 574 g/mol. The Kier molecular flexibility index (Phi) is 6.89. The molecule has 1 aliphatic carbocycles. The molecule has 2 saturated heterocycles. The minimum Gasteiger partial charge on any atom is -0.373 e. The van der Waals surface area contributed by atoms with Gasteiger partial charge in [0.1, 0.15) is 23.2 Å². The predicted octanol–water partition coefficient (Wildman–Crippen LogP) is 4.58. The summed E-state index contributed by atoms with van der Waals surface area (Å²) in [6, 6.07) is 3.02. The zero-order valence-corrected chi connectivity index (χ0v) is 22.4. The first-order chi connectivity index (χ1) is 19.5. The van der Waals surface area contributed by atoms with Crippen LogP contribution in [0.1, 0.15) is 59.8 Å². The summed E-state index contributed by atoms with van der Waals surface area (Å²) in [5.74, 6) is -0.583. The molecule has 3 aromatic rings. The zero-order valence-electron chi connectivity index (χ0n) is 22.4. The number of halogens is 5. The average Bonchev–Trinajstić information content (AvgIpc) is 3.28. The zero-order chi connectivity index (χ0) is 29.1. The molecule has 0 amide bonds. The lowest BCUT2D eigenvalue weighted by Crippen LogP contribution is -2.41. The number of alkyl halides is 5. The molecule has 4 atom stereocenters. The number of allylic oxidation sites excluding steroid dienone is 1. The van der Waals surface area contributed by atoms with E-state index in [9.17, 15) is 26.7 Å². The molecule has 3 aromatic heterocycles. The number of ether oxygens (including phenoxy) is 1. The van der Waals surface area contributed by atoms with Gasteiger partial charge in [-0.15, -0.1) is 5.73 Å². The maximum atomic E-state index is 14.2. The maximum Gasteiger partial charge on any atom is 0.420 e. The van der Waals surface area contributed by atoms with Crippen LogP contribution in [0.25, 0.3) is 16.7 Å². The van der Waals surface area contributed by atoms with E-state index in [4.69, 9.17) is 9.72 Å². The molecule has 3 aliphatic rings. The first-order valence-corrected chi connectivity index (χ1v) is 13.4. The molecule has 0 radical (unpaired) electrons. The summed E-state index contributed by atoms with van der Waals surface area (Å²) in [4.78, 5) is 31.0. The van der Waals surface area contributed by atoms with Crippen molar-refractivity contribution >= 4 is 16.7 Å². The number of aryl methyl sites for hydroxylation is 2. The van der Waals surface area contributed by atoms with Crippen molar-refractivity contribution < 1.29 is 26.7 Å². The molecule has 41 heavy (non-hydrogen) atoms. The van der Waals surface area contributed by atoms with Crippen LogP contribution in [0.3, 0.4) is 0 Å². The minimum atomic E-state index is -4.45. The Balaban J connectivity index is 1.33. The molecular formula is C28H27F5N6O2. The van der Waals surface area contributed by atoms with Gasteiger partial charge in [0.05, 0.1) is 36.3 Å². The average molecular weight is 575 g/mol. The second-order valence-corrected chi connectivity index (χ2v) is 10.8. The van der Waals surface area contributed by atoms with Gasteiger partial charge in [-0.25, -0.2) is 29.0 Å². The van der Waals surface area contributed by atoms with Crippen molar-refractivity contribution in [1.82, 2.24) is 24.6 Å². The molecule has 2 aliphatic heterocycles. The topological polar surface area (TPSA) is 86.0 Å². The Morgan fingerprint density at radius 1 is 1.10 bits per heavy atom. The summed E-state index contributed by atoms with van der Waals surface area (Å²) in [5.41, 5.74) is 4.51. The lowest BCUT2D eigenvalue weighted by Gasteiger charge is -2.30. The summed E-state index contributed by atoms with van der Waals surface area (Å²) < 4.78 is 74.2. The first-order valence-electron chi connectivity index (χ1n) is 13.4. The number of hydrogen-bond donors (Lipinski definition) is 0. The van der Waals surface area contributed by atoms with Crippen LogP contribution >= 0.6 is 0 Å². The lowest BCUT2D eigenvalue weighted by atomic mass is 9.90. The highest BCUT2D eigenvalue weighted by Crippen LogP contribution is 2.41. The fraction of sp³-hybridized carbons (Fsp3) is 0.500. The fourth-order valence-electron chi connectivity index (χ4n) is 5.48.